The molecule has 0 radical (unpaired) electrons. The van der Waals surface area contributed by atoms with Gasteiger partial charge in [0.2, 0.25) is 0 Å². The molecule has 0 bridgehead atoms. The molecule has 328 valence electrons. The maximum absolute atomic E-state index is 6.66. The quantitative estimate of drug-likeness (QED) is 0.151. The number of rotatable bonds is 8. The van der Waals surface area contributed by atoms with Crippen molar-refractivity contribution in [1.29, 1.82) is 0 Å². The van der Waals surface area contributed by atoms with Gasteiger partial charge in [-0.15, -0.1) is 0 Å². The number of hydrogen-bond acceptors (Lipinski definition) is 2. The molecular formula is C68H45NO. The normalized spacial score (nSPS) is 13.7. The smallest absolute Gasteiger partial charge is 0.143 e. The Morgan fingerprint density at radius 1 is 0.300 bits per heavy atom. The average Bonchev–Trinajstić information content (AvgIpc) is 4.08. The first-order valence-corrected chi connectivity index (χ1v) is 24.3. The molecule has 0 saturated heterocycles. The Bertz CT molecular complexity index is 3860. The van der Waals surface area contributed by atoms with E-state index in [0.717, 1.165) is 50.1 Å². The monoisotopic (exact) mass is 891 g/mol. The lowest BCUT2D eigenvalue weighted by molar-refractivity contribution is 0.670. The van der Waals surface area contributed by atoms with Crippen LogP contribution in [0.5, 0.6) is 0 Å². The van der Waals surface area contributed by atoms with Gasteiger partial charge >= 0.3 is 0 Å². The van der Waals surface area contributed by atoms with Crippen LogP contribution in [0.25, 0.3) is 55.3 Å². The van der Waals surface area contributed by atoms with Crippen LogP contribution in [0.4, 0.5) is 17.1 Å². The van der Waals surface area contributed by atoms with Gasteiger partial charge in [-0.3, -0.25) is 0 Å². The molecule has 0 fully saturated rings. The van der Waals surface area contributed by atoms with Crippen LogP contribution in [0.2, 0.25) is 0 Å². The Balaban J connectivity index is 1.02. The van der Waals surface area contributed by atoms with E-state index in [1.54, 1.807) is 0 Å². The number of anilines is 3. The van der Waals surface area contributed by atoms with Crippen LogP contribution in [-0.2, 0) is 10.8 Å². The fraction of sp³-hybridized carbons (Fsp3) is 0.0294. The standard InChI is InChI=1S/C68H45NO/c1-4-22-47(23-5-1)67(59-35-14-10-29-54(59)55-30-11-15-36-60(55)67)50-41-43-51(44-42-50)69(52-28-18-21-46(45-52)53-33-19-34-57-56-31-13-17-40-64(56)70-66(53)57)63-39-20-38-62-65(63)58-32-12-16-37-61(58)68(62,48-24-6-2-7-25-48)49-26-8-3-9-27-49/h1-45H. The van der Waals surface area contributed by atoms with Gasteiger partial charge in [-0.25, -0.2) is 0 Å². The molecular weight excluding hydrogens is 847 g/mol. The Labute approximate surface area is 408 Å². The third kappa shape index (κ3) is 5.68. The maximum Gasteiger partial charge on any atom is 0.143 e. The third-order valence-electron chi connectivity index (χ3n) is 15.2. The van der Waals surface area contributed by atoms with Gasteiger partial charge in [0.15, 0.2) is 0 Å². The highest BCUT2D eigenvalue weighted by Gasteiger charge is 2.48. The van der Waals surface area contributed by atoms with E-state index in [-0.39, 0.29) is 0 Å². The lowest BCUT2D eigenvalue weighted by Crippen LogP contribution is -2.28. The highest BCUT2D eigenvalue weighted by Crippen LogP contribution is 2.60. The first kappa shape index (κ1) is 40.1. The molecule has 0 N–H and O–H groups in total. The number of fused-ring (bicyclic) bond motifs is 9. The first-order chi connectivity index (χ1) is 34.7. The van der Waals surface area contributed by atoms with Crippen molar-refractivity contribution in [3.05, 3.63) is 317 Å². The molecule has 0 atom stereocenters. The van der Waals surface area contributed by atoms with Crippen LogP contribution in [-0.4, -0.2) is 0 Å². The summed E-state index contributed by atoms with van der Waals surface area (Å²) in [5.41, 5.74) is 21.2. The lowest BCUT2D eigenvalue weighted by atomic mass is 9.67. The molecule has 0 amide bonds. The number of benzene rings is 11. The van der Waals surface area contributed by atoms with E-state index in [1.807, 2.05) is 6.07 Å². The average molecular weight is 892 g/mol. The molecule has 1 heterocycles. The zero-order valence-corrected chi connectivity index (χ0v) is 38.3. The largest absolute Gasteiger partial charge is 0.455 e. The molecule has 2 heteroatoms. The molecule has 2 aliphatic carbocycles. The van der Waals surface area contributed by atoms with Crippen LogP contribution < -0.4 is 4.90 Å². The van der Waals surface area contributed by atoms with E-state index in [0.29, 0.717) is 0 Å². The van der Waals surface area contributed by atoms with Gasteiger partial charge in [-0.1, -0.05) is 237 Å². The van der Waals surface area contributed by atoms with Gasteiger partial charge in [0.1, 0.15) is 11.2 Å². The first-order valence-electron chi connectivity index (χ1n) is 24.3. The van der Waals surface area contributed by atoms with Crippen molar-refractivity contribution in [1.82, 2.24) is 0 Å². The third-order valence-corrected chi connectivity index (χ3v) is 15.2. The fourth-order valence-electron chi connectivity index (χ4n) is 12.4. The molecule has 14 rings (SSSR count). The SMILES string of the molecule is c1ccc(C2(c3ccc(N(c4cccc(-c5cccc6c5oc5ccccc56)c4)c4cccc5c4-c4ccccc4C5(c4ccccc4)c4ccccc4)cc3)c3ccccc3-c3ccccc32)cc1. The molecule has 0 spiro atoms. The Kier molecular flexibility index (Phi) is 9.06. The summed E-state index contributed by atoms with van der Waals surface area (Å²) >= 11 is 0. The second-order valence-corrected chi connectivity index (χ2v) is 18.6. The maximum atomic E-state index is 6.66. The van der Waals surface area contributed by atoms with Gasteiger partial charge in [-0.05, 0) is 103 Å². The van der Waals surface area contributed by atoms with E-state index in [4.69, 9.17) is 4.42 Å². The highest BCUT2D eigenvalue weighted by atomic mass is 16.3. The van der Waals surface area contributed by atoms with Crippen LogP contribution in [0.15, 0.2) is 277 Å². The Morgan fingerprint density at radius 3 is 1.40 bits per heavy atom. The Morgan fingerprint density at radius 2 is 0.757 bits per heavy atom. The van der Waals surface area contributed by atoms with Gasteiger partial charge < -0.3 is 9.32 Å². The second-order valence-electron chi connectivity index (χ2n) is 18.6. The van der Waals surface area contributed by atoms with Crippen molar-refractivity contribution in [3.63, 3.8) is 0 Å². The summed E-state index contributed by atoms with van der Waals surface area (Å²) in [7, 11) is 0. The predicted molar refractivity (Wildman–Crippen MR) is 288 cm³/mol. The van der Waals surface area contributed by atoms with Gasteiger partial charge in [0.25, 0.3) is 0 Å². The second kappa shape index (κ2) is 15.8. The van der Waals surface area contributed by atoms with Gasteiger partial charge in [0.05, 0.1) is 16.5 Å². The van der Waals surface area contributed by atoms with Crippen LogP contribution >= 0.6 is 0 Å². The van der Waals surface area contributed by atoms with Crippen molar-refractivity contribution in [2.75, 3.05) is 4.90 Å². The molecule has 0 aliphatic heterocycles. The number of furan rings is 1. The molecule has 1 aromatic heterocycles. The number of hydrogen-bond donors (Lipinski definition) is 0. The Hall–Kier alpha value is -8.98. The zero-order chi connectivity index (χ0) is 46.2. The van der Waals surface area contributed by atoms with Crippen LogP contribution in [0.3, 0.4) is 0 Å². The predicted octanol–water partition coefficient (Wildman–Crippen LogP) is 17.4. The van der Waals surface area contributed by atoms with Crippen molar-refractivity contribution in [3.8, 4) is 33.4 Å². The number of para-hydroxylation sites is 2. The minimum absolute atomic E-state index is 0.513. The minimum Gasteiger partial charge on any atom is -0.455 e. The van der Waals surface area contributed by atoms with E-state index in [1.165, 1.54) is 66.8 Å². The summed E-state index contributed by atoms with van der Waals surface area (Å²) in [5.74, 6) is 0. The van der Waals surface area contributed by atoms with E-state index in [9.17, 15) is 0 Å². The molecule has 2 nitrogen and oxygen atoms in total. The molecule has 0 saturated carbocycles. The molecule has 2 aliphatic rings. The highest BCUT2D eigenvalue weighted by molar-refractivity contribution is 6.10. The van der Waals surface area contributed by atoms with Crippen molar-refractivity contribution in [2.45, 2.75) is 10.8 Å². The minimum atomic E-state index is -0.551. The summed E-state index contributed by atoms with van der Waals surface area (Å²) in [6, 6.07) is 100. The topological polar surface area (TPSA) is 16.4 Å². The van der Waals surface area contributed by atoms with Crippen LogP contribution in [0.1, 0.15) is 44.5 Å². The van der Waals surface area contributed by atoms with Gasteiger partial charge in [0, 0.05) is 33.3 Å². The summed E-state index contributed by atoms with van der Waals surface area (Å²) in [6.07, 6.45) is 0. The number of nitrogens with zero attached hydrogens (tertiary/aromatic N) is 1. The molecule has 12 aromatic rings. The van der Waals surface area contributed by atoms with Crippen molar-refractivity contribution >= 4 is 39.0 Å². The fourth-order valence-corrected chi connectivity index (χ4v) is 12.4. The van der Waals surface area contributed by atoms with E-state index in [2.05, 4.69) is 272 Å². The summed E-state index contributed by atoms with van der Waals surface area (Å²) in [4.78, 5) is 2.49. The molecule has 11 aromatic carbocycles. The molecule has 70 heavy (non-hydrogen) atoms. The summed E-state index contributed by atoms with van der Waals surface area (Å²) in [5, 5.41) is 2.24. The molecule has 0 unspecified atom stereocenters. The van der Waals surface area contributed by atoms with Crippen molar-refractivity contribution in [2.24, 2.45) is 0 Å². The van der Waals surface area contributed by atoms with Gasteiger partial charge in [-0.2, -0.15) is 0 Å². The van der Waals surface area contributed by atoms with E-state index < -0.39 is 10.8 Å². The zero-order valence-electron chi connectivity index (χ0n) is 38.3. The summed E-state index contributed by atoms with van der Waals surface area (Å²) in [6.45, 7) is 0. The lowest BCUT2D eigenvalue weighted by Gasteiger charge is -2.35. The van der Waals surface area contributed by atoms with Crippen molar-refractivity contribution < 1.29 is 4.42 Å². The summed E-state index contributed by atoms with van der Waals surface area (Å²) < 4.78 is 6.66. The van der Waals surface area contributed by atoms with Crippen LogP contribution in [0, 0.1) is 0 Å². The van der Waals surface area contributed by atoms with E-state index >= 15 is 0 Å².